The molecule has 0 bridgehead atoms. The Bertz CT molecular complexity index is 1360. The SMILES string of the molecule is NC(=O)[C@@]12C[C@H]1/C=C\CCCCC[C@H](NC(=O)OC(CF)CF)C(=O)N1C[C@H](OC(=O)N3CCc4ccccc4C3)C[C@H]1C(=O)N2. The molecule has 4 N–H and O–H groups in total. The number of hydrogen-bond donors (Lipinski definition) is 3. The quantitative estimate of drug-likeness (QED) is 0.401. The van der Waals surface area contributed by atoms with Crippen LogP contribution in [0.25, 0.3) is 0 Å². The average Bonchev–Trinajstić information content (AvgIpc) is 3.59. The fourth-order valence-corrected chi connectivity index (χ4v) is 6.49. The van der Waals surface area contributed by atoms with E-state index in [1.807, 2.05) is 36.4 Å². The number of fused-ring (bicyclic) bond motifs is 3. The third kappa shape index (κ3) is 7.42. The van der Waals surface area contributed by atoms with Crippen molar-refractivity contribution in [3.05, 3.63) is 47.5 Å². The van der Waals surface area contributed by atoms with Crippen molar-refractivity contribution in [2.45, 2.75) is 87.7 Å². The molecule has 5 atom stereocenters. The molecule has 46 heavy (non-hydrogen) atoms. The molecular formula is C32H41F2N5O7. The minimum atomic E-state index is -1.61. The zero-order valence-electron chi connectivity index (χ0n) is 25.6. The predicted octanol–water partition coefficient (Wildman–Crippen LogP) is 2.43. The molecule has 3 aliphatic heterocycles. The minimum Gasteiger partial charge on any atom is -0.444 e. The van der Waals surface area contributed by atoms with Crippen LogP contribution >= 0.6 is 0 Å². The summed E-state index contributed by atoms with van der Waals surface area (Å²) in [4.78, 5) is 68.9. The summed E-state index contributed by atoms with van der Waals surface area (Å²) >= 11 is 0. The van der Waals surface area contributed by atoms with E-state index in [0.29, 0.717) is 45.2 Å². The summed E-state index contributed by atoms with van der Waals surface area (Å²) in [5, 5.41) is 5.19. The molecule has 0 unspecified atom stereocenters. The molecule has 1 aliphatic carbocycles. The van der Waals surface area contributed by atoms with Gasteiger partial charge in [0, 0.05) is 25.4 Å². The van der Waals surface area contributed by atoms with Crippen LogP contribution in [0.1, 0.15) is 56.1 Å². The summed E-state index contributed by atoms with van der Waals surface area (Å²) in [6.45, 7) is -1.81. The van der Waals surface area contributed by atoms with Crippen LogP contribution in [0.3, 0.4) is 0 Å². The number of carbonyl (C=O) groups excluding carboxylic acids is 5. The van der Waals surface area contributed by atoms with Gasteiger partial charge in [-0.05, 0) is 43.2 Å². The second-order valence-corrected chi connectivity index (χ2v) is 12.4. The number of nitrogens with one attached hydrogen (secondary N) is 2. The summed E-state index contributed by atoms with van der Waals surface area (Å²) in [7, 11) is 0. The van der Waals surface area contributed by atoms with Crippen LogP contribution in [-0.2, 0) is 36.8 Å². The highest BCUT2D eigenvalue weighted by Crippen LogP contribution is 2.45. The number of ether oxygens (including phenoxy) is 2. The molecule has 1 aromatic rings. The van der Waals surface area contributed by atoms with Crippen LogP contribution in [0.15, 0.2) is 36.4 Å². The lowest BCUT2D eigenvalue weighted by atomic mass is 10.0. The molecule has 0 spiro atoms. The van der Waals surface area contributed by atoms with Crippen molar-refractivity contribution < 1.29 is 42.2 Å². The van der Waals surface area contributed by atoms with Gasteiger partial charge in [-0.2, -0.15) is 0 Å². The lowest BCUT2D eigenvalue weighted by Crippen LogP contribution is -2.57. The van der Waals surface area contributed by atoms with E-state index >= 15 is 0 Å². The van der Waals surface area contributed by atoms with Gasteiger partial charge in [0.1, 0.15) is 37.1 Å². The van der Waals surface area contributed by atoms with Gasteiger partial charge in [0.15, 0.2) is 6.10 Å². The van der Waals surface area contributed by atoms with Gasteiger partial charge >= 0.3 is 12.2 Å². The first-order valence-electron chi connectivity index (χ1n) is 15.9. The van der Waals surface area contributed by atoms with E-state index in [1.54, 1.807) is 4.90 Å². The van der Waals surface area contributed by atoms with Crippen molar-refractivity contribution >= 4 is 29.9 Å². The maximum atomic E-state index is 14.0. The third-order valence-electron chi connectivity index (χ3n) is 9.25. The Kier molecular flexibility index (Phi) is 10.4. The minimum absolute atomic E-state index is 0.0496. The smallest absolute Gasteiger partial charge is 0.410 e. The maximum Gasteiger partial charge on any atom is 0.410 e. The van der Waals surface area contributed by atoms with E-state index in [1.165, 1.54) is 4.90 Å². The second-order valence-electron chi connectivity index (χ2n) is 12.4. The molecule has 1 aromatic carbocycles. The Morgan fingerprint density at radius 1 is 1.11 bits per heavy atom. The zero-order chi connectivity index (χ0) is 32.8. The molecule has 4 aliphatic rings. The summed E-state index contributed by atoms with van der Waals surface area (Å²) < 4.78 is 36.7. The Labute approximate surface area is 266 Å². The first kappa shape index (κ1) is 33.1. The molecule has 14 heteroatoms. The van der Waals surface area contributed by atoms with Crippen molar-refractivity contribution in [3.8, 4) is 0 Å². The number of benzene rings is 1. The fraction of sp³-hybridized carbons (Fsp3) is 0.594. The lowest BCUT2D eigenvalue weighted by Gasteiger charge is -2.30. The number of rotatable bonds is 6. The van der Waals surface area contributed by atoms with E-state index in [0.717, 1.165) is 17.5 Å². The predicted molar refractivity (Wildman–Crippen MR) is 160 cm³/mol. The molecule has 250 valence electrons. The van der Waals surface area contributed by atoms with Gasteiger partial charge < -0.3 is 35.6 Å². The highest BCUT2D eigenvalue weighted by Gasteiger charge is 2.60. The van der Waals surface area contributed by atoms with Crippen LogP contribution in [0.4, 0.5) is 18.4 Å². The van der Waals surface area contributed by atoms with Crippen molar-refractivity contribution in [3.63, 3.8) is 0 Å². The molecule has 2 fully saturated rings. The topological polar surface area (TPSA) is 160 Å². The number of nitrogens with two attached hydrogens (primary N) is 1. The van der Waals surface area contributed by atoms with Crippen LogP contribution in [0.2, 0.25) is 0 Å². The van der Waals surface area contributed by atoms with Gasteiger partial charge in [0.25, 0.3) is 0 Å². The molecule has 5 amide bonds. The van der Waals surface area contributed by atoms with E-state index in [9.17, 15) is 32.8 Å². The molecule has 1 saturated carbocycles. The number of carbonyl (C=O) groups is 5. The van der Waals surface area contributed by atoms with Crippen molar-refractivity contribution in [2.75, 3.05) is 26.4 Å². The van der Waals surface area contributed by atoms with E-state index in [2.05, 4.69) is 10.6 Å². The third-order valence-corrected chi connectivity index (χ3v) is 9.25. The number of amides is 5. The lowest BCUT2D eigenvalue weighted by molar-refractivity contribution is -0.141. The van der Waals surface area contributed by atoms with E-state index < -0.39 is 73.1 Å². The normalized spacial score (nSPS) is 28.8. The highest BCUT2D eigenvalue weighted by molar-refractivity contribution is 5.97. The van der Waals surface area contributed by atoms with Gasteiger partial charge in [-0.15, -0.1) is 0 Å². The first-order chi connectivity index (χ1) is 22.1. The first-order valence-corrected chi connectivity index (χ1v) is 15.9. The van der Waals surface area contributed by atoms with Gasteiger partial charge in [-0.1, -0.05) is 49.3 Å². The zero-order valence-corrected chi connectivity index (χ0v) is 25.6. The van der Waals surface area contributed by atoms with Crippen LogP contribution in [0.5, 0.6) is 0 Å². The number of alkyl carbamates (subject to hydrolysis) is 1. The molecule has 1 saturated heterocycles. The van der Waals surface area contributed by atoms with Gasteiger partial charge in [0.05, 0.1) is 6.54 Å². The van der Waals surface area contributed by atoms with E-state index in [-0.39, 0.29) is 25.3 Å². The number of nitrogens with zero attached hydrogens (tertiary/aromatic N) is 2. The number of halogens is 2. The summed E-state index contributed by atoms with van der Waals surface area (Å²) in [6, 6.07) is 5.46. The largest absolute Gasteiger partial charge is 0.444 e. The number of alkyl halides is 2. The van der Waals surface area contributed by atoms with Crippen molar-refractivity contribution in [1.82, 2.24) is 20.4 Å². The van der Waals surface area contributed by atoms with Crippen LogP contribution in [0, 0.1) is 5.92 Å². The Morgan fingerprint density at radius 2 is 1.87 bits per heavy atom. The fourth-order valence-electron chi connectivity index (χ4n) is 6.49. The summed E-state index contributed by atoms with van der Waals surface area (Å²) in [5.41, 5.74) is 6.58. The monoisotopic (exact) mass is 645 g/mol. The Hall–Kier alpha value is -4.23. The van der Waals surface area contributed by atoms with E-state index in [4.69, 9.17) is 15.2 Å². The van der Waals surface area contributed by atoms with Gasteiger partial charge in [-0.3, -0.25) is 14.4 Å². The standard InChI is InChI=1S/C32H41F2N5O7/c33-16-24(17-34)45-30(43)36-25-11-5-3-1-2-4-10-22-15-32(22,29(35)42)37-27(40)26-14-23(19-39(26)28(25)41)46-31(44)38-13-12-20-8-6-7-9-21(20)18-38/h4,6-10,22-26H,1-3,5,11-19H2,(H2,35,42)(H,36,43)(H,37,40)/b10-4-/t22-,23-,25+,26+,32-/m1/s1. The van der Waals surface area contributed by atoms with Crippen LogP contribution < -0.4 is 16.4 Å². The maximum absolute atomic E-state index is 14.0. The molecule has 0 aromatic heterocycles. The molecule has 12 nitrogen and oxygen atoms in total. The number of hydrogen-bond acceptors (Lipinski definition) is 7. The number of allylic oxidation sites excluding steroid dienone is 1. The van der Waals surface area contributed by atoms with Crippen molar-refractivity contribution in [2.24, 2.45) is 11.7 Å². The summed E-state index contributed by atoms with van der Waals surface area (Å²) in [5.74, 6) is -2.27. The molecular weight excluding hydrogens is 604 g/mol. The number of primary amides is 1. The summed E-state index contributed by atoms with van der Waals surface area (Å²) in [6.07, 6.45) is 3.37. The Balaban J connectivity index is 1.36. The molecule has 3 heterocycles. The van der Waals surface area contributed by atoms with Gasteiger partial charge in [-0.25, -0.2) is 18.4 Å². The highest BCUT2D eigenvalue weighted by atomic mass is 19.1. The molecule has 5 rings (SSSR count). The van der Waals surface area contributed by atoms with Crippen LogP contribution in [-0.4, -0.2) is 96.0 Å². The van der Waals surface area contributed by atoms with Gasteiger partial charge in [0.2, 0.25) is 17.7 Å². The molecule has 0 radical (unpaired) electrons. The Morgan fingerprint density at radius 3 is 2.61 bits per heavy atom. The second kappa shape index (κ2) is 14.5. The van der Waals surface area contributed by atoms with Crippen molar-refractivity contribution in [1.29, 1.82) is 0 Å². The average molecular weight is 646 g/mol.